The van der Waals surface area contributed by atoms with E-state index in [4.69, 9.17) is 0 Å². The lowest BCUT2D eigenvalue weighted by Gasteiger charge is -2.20. The average molecular weight is 264 g/mol. The van der Waals surface area contributed by atoms with Crippen LogP contribution in [0, 0.1) is 6.92 Å². The Morgan fingerprint density at radius 3 is 2.16 bits per heavy atom. The normalized spacial score (nSPS) is 14.3. The molecule has 0 radical (unpaired) electrons. The minimum atomic E-state index is -1.06. The Labute approximate surface area is 118 Å². The molecule has 0 amide bonds. The summed E-state index contributed by atoms with van der Waals surface area (Å²) >= 11 is 0. The summed E-state index contributed by atoms with van der Waals surface area (Å²) in [5.41, 5.74) is 1.29. The molecule has 1 heteroatoms. The highest BCUT2D eigenvalue weighted by Gasteiger charge is 2.22. The van der Waals surface area contributed by atoms with Crippen molar-refractivity contribution in [3.05, 3.63) is 35.4 Å². The first-order valence-corrected chi connectivity index (χ1v) is 7.78. The van der Waals surface area contributed by atoms with Crippen LogP contribution in [0.4, 0.5) is 4.39 Å². The Hall–Kier alpha value is -0.850. The number of rotatable bonds is 9. The number of unbranched alkanes of at least 4 members (excludes halogenated alkanes) is 5. The Bertz CT molecular complexity index is 337. The maximum absolute atomic E-state index is 14.5. The van der Waals surface area contributed by atoms with Crippen LogP contribution >= 0.6 is 0 Å². The number of benzene rings is 1. The lowest BCUT2D eigenvalue weighted by Crippen LogP contribution is -2.21. The van der Waals surface area contributed by atoms with Gasteiger partial charge in [-0.2, -0.15) is 0 Å². The molecule has 1 unspecified atom stereocenters. The molecule has 0 nitrogen and oxygen atoms in total. The molecule has 1 atom stereocenters. The van der Waals surface area contributed by atoms with Crippen molar-refractivity contribution in [1.29, 1.82) is 0 Å². The van der Waals surface area contributed by atoms with E-state index in [0.717, 1.165) is 12.0 Å². The van der Waals surface area contributed by atoms with E-state index in [-0.39, 0.29) is 0 Å². The lowest BCUT2D eigenvalue weighted by molar-refractivity contribution is 0.169. The standard InChI is InChI=1S/C18H29F/c1-4-5-6-7-8-9-14-18(3,19)15-17-12-10-16(2)11-13-17/h10-13H,4-9,14-15H2,1-3H3. The quantitative estimate of drug-likeness (QED) is 0.479. The van der Waals surface area contributed by atoms with Gasteiger partial charge in [0.25, 0.3) is 0 Å². The van der Waals surface area contributed by atoms with Gasteiger partial charge in [-0.15, -0.1) is 0 Å². The van der Waals surface area contributed by atoms with E-state index in [9.17, 15) is 4.39 Å². The highest BCUT2D eigenvalue weighted by Crippen LogP contribution is 2.25. The topological polar surface area (TPSA) is 0 Å². The van der Waals surface area contributed by atoms with E-state index < -0.39 is 5.67 Å². The van der Waals surface area contributed by atoms with Gasteiger partial charge >= 0.3 is 0 Å². The number of hydrogen-bond acceptors (Lipinski definition) is 0. The van der Waals surface area contributed by atoms with Gasteiger partial charge in [0, 0.05) is 6.42 Å². The molecule has 0 aliphatic carbocycles. The molecule has 0 aliphatic rings. The van der Waals surface area contributed by atoms with Gasteiger partial charge < -0.3 is 0 Å². The summed E-state index contributed by atoms with van der Waals surface area (Å²) in [6.07, 6.45) is 8.57. The van der Waals surface area contributed by atoms with Gasteiger partial charge in [0.1, 0.15) is 5.67 Å². The summed E-state index contributed by atoms with van der Waals surface area (Å²) in [6, 6.07) is 8.23. The van der Waals surface area contributed by atoms with Gasteiger partial charge in [-0.05, 0) is 25.8 Å². The zero-order chi connectivity index (χ0) is 14.1. The van der Waals surface area contributed by atoms with Gasteiger partial charge in [-0.3, -0.25) is 0 Å². The predicted octanol–water partition coefficient (Wildman–Crippen LogP) is 6.02. The van der Waals surface area contributed by atoms with Crippen LogP contribution in [0.1, 0.15) is 69.9 Å². The van der Waals surface area contributed by atoms with Crippen LogP contribution in [-0.4, -0.2) is 5.67 Å². The minimum Gasteiger partial charge on any atom is -0.244 e. The molecule has 0 fully saturated rings. The zero-order valence-electron chi connectivity index (χ0n) is 12.8. The highest BCUT2D eigenvalue weighted by atomic mass is 19.1. The first-order chi connectivity index (χ1) is 9.03. The lowest BCUT2D eigenvalue weighted by atomic mass is 9.92. The van der Waals surface area contributed by atoms with Crippen LogP contribution in [-0.2, 0) is 6.42 Å². The number of aryl methyl sites for hydroxylation is 1. The molecule has 1 rings (SSSR count). The second-order valence-electron chi connectivity index (χ2n) is 6.09. The molecular weight excluding hydrogens is 235 g/mol. The molecule has 19 heavy (non-hydrogen) atoms. The first-order valence-electron chi connectivity index (χ1n) is 7.78. The van der Waals surface area contributed by atoms with Gasteiger partial charge in [0.2, 0.25) is 0 Å². The van der Waals surface area contributed by atoms with Crippen molar-refractivity contribution in [1.82, 2.24) is 0 Å². The third-order valence-corrected chi connectivity index (χ3v) is 3.74. The van der Waals surface area contributed by atoms with Crippen molar-refractivity contribution in [3.63, 3.8) is 0 Å². The summed E-state index contributed by atoms with van der Waals surface area (Å²) in [4.78, 5) is 0. The summed E-state index contributed by atoms with van der Waals surface area (Å²) in [7, 11) is 0. The second-order valence-corrected chi connectivity index (χ2v) is 6.09. The largest absolute Gasteiger partial charge is 0.244 e. The minimum absolute atomic E-state index is 0.544. The van der Waals surface area contributed by atoms with Crippen molar-refractivity contribution < 1.29 is 4.39 Å². The van der Waals surface area contributed by atoms with Crippen LogP contribution < -0.4 is 0 Å². The summed E-state index contributed by atoms with van der Waals surface area (Å²) in [6.45, 7) is 6.04. The fourth-order valence-corrected chi connectivity index (χ4v) is 2.49. The maximum atomic E-state index is 14.5. The Balaban J connectivity index is 2.25. The van der Waals surface area contributed by atoms with E-state index >= 15 is 0 Å². The van der Waals surface area contributed by atoms with Gasteiger partial charge in [0.15, 0.2) is 0 Å². The third-order valence-electron chi connectivity index (χ3n) is 3.74. The fraction of sp³-hybridized carbons (Fsp3) is 0.667. The van der Waals surface area contributed by atoms with Crippen LogP contribution in [0.2, 0.25) is 0 Å². The molecule has 0 N–H and O–H groups in total. The number of halogens is 1. The van der Waals surface area contributed by atoms with Crippen LogP contribution in [0.3, 0.4) is 0 Å². The predicted molar refractivity (Wildman–Crippen MR) is 82.4 cm³/mol. The molecule has 0 saturated heterocycles. The molecule has 0 bridgehead atoms. The molecule has 108 valence electrons. The highest BCUT2D eigenvalue weighted by molar-refractivity contribution is 5.22. The third kappa shape index (κ3) is 7.34. The maximum Gasteiger partial charge on any atom is 0.112 e. The van der Waals surface area contributed by atoms with Crippen LogP contribution in [0.15, 0.2) is 24.3 Å². The van der Waals surface area contributed by atoms with Crippen molar-refractivity contribution in [2.45, 2.75) is 77.8 Å². The molecule has 1 aromatic rings. The van der Waals surface area contributed by atoms with Crippen molar-refractivity contribution in [2.24, 2.45) is 0 Å². The van der Waals surface area contributed by atoms with Gasteiger partial charge in [0.05, 0.1) is 0 Å². The zero-order valence-corrected chi connectivity index (χ0v) is 12.8. The van der Waals surface area contributed by atoms with E-state index in [0.29, 0.717) is 12.8 Å². The molecule has 0 aromatic heterocycles. The Morgan fingerprint density at radius 1 is 0.947 bits per heavy atom. The molecule has 0 spiro atoms. The van der Waals surface area contributed by atoms with Crippen molar-refractivity contribution >= 4 is 0 Å². The number of alkyl halides is 1. The molecular formula is C18H29F. The Morgan fingerprint density at radius 2 is 1.53 bits per heavy atom. The second kappa shape index (κ2) is 8.35. The smallest absolute Gasteiger partial charge is 0.112 e. The van der Waals surface area contributed by atoms with E-state index in [1.54, 1.807) is 6.92 Å². The van der Waals surface area contributed by atoms with Crippen molar-refractivity contribution in [3.8, 4) is 0 Å². The van der Waals surface area contributed by atoms with Crippen LogP contribution in [0.5, 0.6) is 0 Å². The Kier molecular flexibility index (Phi) is 7.12. The van der Waals surface area contributed by atoms with Gasteiger partial charge in [-0.25, -0.2) is 4.39 Å². The summed E-state index contributed by atoms with van der Waals surface area (Å²) in [5, 5.41) is 0. The molecule has 1 aromatic carbocycles. The van der Waals surface area contributed by atoms with Gasteiger partial charge in [-0.1, -0.05) is 75.3 Å². The molecule has 0 aliphatic heterocycles. The fourth-order valence-electron chi connectivity index (χ4n) is 2.49. The average Bonchev–Trinajstić information content (AvgIpc) is 2.36. The van der Waals surface area contributed by atoms with E-state index in [2.05, 4.69) is 38.1 Å². The SMILES string of the molecule is CCCCCCCCC(C)(F)Cc1ccc(C)cc1. The van der Waals surface area contributed by atoms with Crippen molar-refractivity contribution in [2.75, 3.05) is 0 Å². The van der Waals surface area contributed by atoms with Crippen LogP contribution in [0.25, 0.3) is 0 Å². The van der Waals surface area contributed by atoms with E-state index in [1.165, 1.54) is 37.7 Å². The summed E-state index contributed by atoms with van der Waals surface area (Å²) in [5.74, 6) is 0. The number of hydrogen-bond donors (Lipinski definition) is 0. The molecule has 0 saturated carbocycles. The monoisotopic (exact) mass is 264 g/mol. The van der Waals surface area contributed by atoms with E-state index in [1.807, 2.05) is 0 Å². The first kappa shape index (κ1) is 16.2. The molecule has 0 heterocycles. The summed E-state index contributed by atoms with van der Waals surface area (Å²) < 4.78 is 14.5.